The molecule has 5 nitrogen and oxygen atoms in total. The van der Waals surface area contributed by atoms with Crippen molar-refractivity contribution in [3.05, 3.63) is 35.8 Å². The van der Waals surface area contributed by atoms with Gasteiger partial charge in [0.1, 0.15) is 0 Å². The fourth-order valence-corrected chi connectivity index (χ4v) is 3.37. The molecule has 0 radical (unpaired) electrons. The summed E-state index contributed by atoms with van der Waals surface area (Å²) >= 11 is 0. The van der Waals surface area contributed by atoms with Crippen molar-refractivity contribution in [2.75, 3.05) is 20.1 Å². The van der Waals surface area contributed by atoms with Gasteiger partial charge in [0.2, 0.25) is 10.0 Å². The molecule has 6 heteroatoms. The molecule has 0 fully saturated rings. The van der Waals surface area contributed by atoms with E-state index in [1.54, 1.807) is 0 Å². The van der Waals surface area contributed by atoms with Gasteiger partial charge in [-0.2, -0.15) is 0 Å². The summed E-state index contributed by atoms with van der Waals surface area (Å²) in [6.45, 7) is 18.8. The van der Waals surface area contributed by atoms with Crippen LogP contribution in [0.5, 0.6) is 0 Å². The highest BCUT2D eigenvalue weighted by atomic mass is 32.2. The van der Waals surface area contributed by atoms with Crippen LogP contribution in [-0.2, 0) is 14.8 Å². The Hall–Kier alpha value is -1.40. The van der Waals surface area contributed by atoms with E-state index in [0.29, 0.717) is 30.8 Å². The Kier molecular flexibility index (Phi) is 10.7. The molecule has 0 aromatic heterocycles. The minimum atomic E-state index is -3.62. The Morgan fingerprint density at radius 2 is 1.65 bits per heavy atom. The first-order valence-corrected chi connectivity index (χ1v) is 10.6. The molecule has 0 bridgehead atoms. The Bertz CT molecular complexity index is 619. The van der Waals surface area contributed by atoms with Gasteiger partial charge >= 0.3 is 0 Å². The van der Waals surface area contributed by atoms with Crippen LogP contribution >= 0.6 is 0 Å². The normalized spacial score (nSPS) is 13.6. The molecule has 0 aromatic rings. The Labute approximate surface area is 160 Å². The van der Waals surface area contributed by atoms with Gasteiger partial charge in [-0.15, -0.1) is 0 Å². The summed E-state index contributed by atoms with van der Waals surface area (Å²) in [5.74, 6) is 1.07. The van der Waals surface area contributed by atoms with Crippen molar-refractivity contribution in [1.29, 1.82) is 0 Å². The molecule has 0 saturated carbocycles. The number of amides is 1. The molecule has 1 unspecified atom stereocenters. The summed E-state index contributed by atoms with van der Waals surface area (Å²) in [5, 5.41) is 2.83. The number of hydrogen-bond acceptors (Lipinski definition) is 3. The minimum Gasteiger partial charge on any atom is -0.352 e. The van der Waals surface area contributed by atoms with Crippen LogP contribution in [-0.4, -0.2) is 38.8 Å². The van der Waals surface area contributed by atoms with Gasteiger partial charge in [-0.25, -0.2) is 12.7 Å². The third-order valence-electron chi connectivity index (χ3n) is 4.01. The molecule has 1 amide bonds. The molecule has 150 valence electrons. The topological polar surface area (TPSA) is 66.5 Å². The predicted molar refractivity (Wildman–Crippen MR) is 110 cm³/mol. The highest BCUT2D eigenvalue weighted by Gasteiger charge is 2.20. The Balaban J connectivity index is 4.65. The molecule has 0 spiro atoms. The number of allylic oxidation sites excluding steroid dienone is 1. The average molecular weight is 385 g/mol. The quantitative estimate of drug-likeness (QED) is 0.412. The standard InChI is InChI=1S/C20H36N2O3S/c1-15(2)11-12-22(8)26(24,25)19(7)10-9-18(6)20(23)21-14-17(5)13-16(3)4/h9-10,15-17H,6-7,11-14H2,1-5,8H3,(H,21,23)/b10-9-. The fourth-order valence-electron chi connectivity index (χ4n) is 2.38. The van der Waals surface area contributed by atoms with E-state index in [4.69, 9.17) is 0 Å². The van der Waals surface area contributed by atoms with Crippen LogP contribution in [0.1, 0.15) is 47.5 Å². The molecular weight excluding hydrogens is 348 g/mol. The van der Waals surface area contributed by atoms with Gasteiger partial charge in [0.05, 0.1) is 4.91 Å². The smallest absolute Gasteiger partial charge is 0.250 e. The number of nitrogens with one attached hydrogen (secondary N) is 1. The van der Waals surface area contributed by atoms with Crippen molar-refractivity contribution in [3.8, 4) is 0 Å². The summed E-state index contributed by atoms with van der Waals surface area (Å²) in [6, 6.07) is 0. The average Bonchev–Trinajstić information content (AvgIpc) is 2.53. The molecule has 0 aliphatic rings. The van der Waals surface area contributed by atoms with Crippen LogP contribution in [0.2, 0.25) is 0 Å². The lowest BCUT2D eigenvalue weighted by atomic mass is 9.99. The second-order valence-corrected chi connectivity index (χ2v) is 9.88. The van der Waals surface area contributed by atoms with Crippen molar-refractivity contribution in [2.24, 2.45) is 17.8 Å². The van der Waals surface area contributed by atoms with Crippen LogP contribution in [0.3, 0.4) is 0 Å². The van der Waals surface area contributed by atoms with Gasteiger partial charge in [-0.1, -0.05) is 47.8 Å². The fraction of sp³-hybridized carbons (Fsp3) is 0.650. The van der Waals surface area contributed by atoms with Crippen molar-refractivity contribution < 1.29 is 13.2 Å². The Morgan fingerprint density at radius 3 is 2.15 bits per heavy atom. The molecule has 0 rings (SSSR count). The maximum absolute atomic E-state index is 12.4. The second kappa shape index (κ2) is 11.3. The first-order valence-electron chi connectivity index (χ1n) is 9.18. The molecule has 0 heterocycles. The maximum atomic E-state index is 12.4. The van der Waals surface area contributed by atoms with E-state index >= 15 is 0 Å². The lowest BCUT2D eigenvalue weighted by Crippen LogP contribution is -2.30. The van der Waals surface area contributed by atoms with Crippen LogP contribution in [0.25, 0.3) is 0 Å². The van der Waals surface area contributed by atoms with E-state index < -0.39 is 10.0 Å². The van der Waals surface area contributed by atoms with E-state index in [1.165, 1.54) is 23.5 Å². The van der Waals surface area contributed by atoms with Gasteiger partial charge < -0.3 is 5.32 Å². The van der Waals surface area contributed by atoms with Crippen LogP contribution in [0.4, 0.5) is 0 Å². The highest BCUT2D eigenvalue weighted by molar-refractivity contribution is 7.93. The number of nitrogens with zero attached hydrogens (tertiary/aromatic N) is 1. The molecule has 0 aliphatic carbocycles. The molecule has 26 heavy (non-hydrogen) atoms. The van der Waals surface area contributed by atoms with Crippen LogP contribution < -0.4 is 5.32 Å². The first-order chi connectivity index (χ1) is 11.9. The van der Waals surface area contributed by atoms with Crippen molar-refractivity contribution >= 4 is 15.9 Å². The monoisotopic (exact) mass is 384 g/mol. The van der Waals surface area contributed by atoms with E-state index in [9.17, 15) is 13.2 Å². The SMILES string of the molecule is C=C(/C=C\C(=C)S(=O)(=O)N(C)CCC(C)C)C(=O)NCC(C)CC(C)C. The first kappa shape index (κ1) is 24.6. The summed E-state index contributed by atoms with van der Waals surface area (Å²) < 4.78 is 26.1. The number of hydrogen-bond donors (Lipinski definition) is 1. The van der Waals surface area contributed by atoms with E-state index in [1.807, 2.05) is 13.8 Å². The third kappa shape index (κ3) is 9.34. The van der Waals surface area contributed by atoms with E-state index in [0.717, 1.165) is 12.8 Å². The molecule has 0 aromatic carbocycles. The summed E-state index contributed by atoms with van der Waals surface area (Å²) in [4.78, 5) is 12.0. The van der Waals surface area contributed by atoms with E-state index in [-0.39, 0.29) is 16.4 Å². The summed E-state index contributed by atoms with van der Waals surface area (Å²) in [5.41, 5.74) is 0.211. The zero-order valence-electron chi connectivity index (χ0n) is 17.2. The lowest BCUT2D eigenvalue weighted by Gasteiger charge is -2.18. The van der Waals surface area contributed by atoms with Crippen molar-refractivity contribution in [1.82, 2.24) is 9.62 Å². The molecule has 1 N–H and O–H groups in total. The van der Waals surface area contributed by atoms with Gasteiger partial charge in [-0.3, -0.25) is 4.79 Å². The maximum Gasteiger partial charge on any atom is 0.250 e. The van der Waals surface area contributed by atoms with Crippen LogP contribution in [0.15, 0.2) is 35.8 Å². The zero-order chi connectivity index (χ0) is 20.5. The van der Waals surface area contributed by atoms with Gasteiger partial charge in [0.25, 0.3) is 5.91 Å². The second-order valence-electron chi connectivity index (χ2n) is 7.78. The molecule has 1 atom stereocenters. The predicted octanol–water partition coefficient (Wildman–Crippen LogP) is 3.72. The van der Waals surface area contributed by atoms with Gasteiger partial charge in [0.15, 0.2) is 0 Å². The van der Waals surface area contributed by atoms with Crippen molar-refractivity contribution in [2.45, 2.75) is 47.5 Å². The number of carbonyl (C=O) groups excluding carboxylic acids is 1. The molecular formula is C20H36N2O3S. The summed E-state index contributed by atoms with van der Waals surface area (Å²) in [6.07, 6.45) is 4.54. The Morgan fingerprint density at radius 1 is 1.08 bits per heavy atom. The van der Waals surface area contributed by atoms with E-state index in [2.05, 4.69) is 39.2 Å². The summed E-state index contributed by atoms with van der Waals surface area (Å²) in [7, 11) is -2.08. The van der Waals surface area contributed by atoms with Gasteiger partial charge in [-0.05, 0) is 42.7 Å². The van der Waals surface area contributed by atoms with Crippen LogP contribution in [0, 0.1) is 17.8 Å². The highest BCUT2D eigenvalue weighted by Crippen LogP contribution is 2.14. The van der Waals surface area contributed by atoms with Crippen molar-refractivity contribution in [3.63, 3.8) is 0 Å². The molecule has 0 saturated heterocycles. The lowest BCUT2D eigenvalue weighted by molar-refractivity contribution is -0.117. The minimum absolute atomic E-state index is 0.0501. The third-order valence-corrected chi connectivity index (χ3v) is 5.81. The molecule has 0 aliphatic heterocycles. The number of carbonyl (C=O) groups is 1. The van der Waals surface area contributed by atoms with Gasteiger partial charge in [0, 0.05) is 25.7 Å². The zero-order valence-corrected chi connectivity index (χ0v) is 18.0. The number of rotatable bonds is 12. The number of sulfonamides is 1. The largest absolute Gasteiger partial charge is 0.352 e.